The number of nitrogens with one attached hydrogen (secondary N) is 2. The standard InChI is InChI=1S/C22H23F2N5O3/c1-13-6-18-19(28-21(13)30)7-14(8-25-18)11-29-5-4-16(12-29)32-15-2-3-17(26-9-15)22(31)27-10-20(23)24/h2-3,6-9,16,20H,4-5,10-12H2,1H3,(H,27,31)(H,28,30)/t16-/m0/s1. The summed E-state index contributed by atoms with van der Waals surface area (Å²) in [5.41, 5.74) is 3.05. The zero-order valence-corrected chi connectivity index (χ0v) is 17.5. The van der Waals surface area contributed by atoms with Crippen molar-refractivity contribution in [3.63, 3.8) is 0 Å². The van der Waals surface area contributed by atoms with Crippen LogP contribution in [0.4, 0.5) is 8.78 Å². The number of carbonyl (C=O) groups excluding carboxylic acids is 1. The lowest BCUT2D eigenvalue weighted by atomic mass is 10.2. The van der Waals surface area contributed by atoms with Crippen molar-refractivity contribution < 1.29 is 18.3 Å². The van der Waals surface area contributed by atoms with Gasteiger partial charge >= 0.3 is 0 Å². The number of rotatable bonds is 7. The largest absolute Gasteiger partial charge is 0.487 e. The van der Waals surface area contributed by atoms with Gasteiger partial charge < -0.3 is 15.0 Å². The normalized spacial score (nSPS) is 16.6. The van der Waals surface area contributed by atoms with Crippen molar-refractivity contribution in [2.75, 3.05) is 19.6 Å². The average Bonchev–Trinajstić information content (AvgIpc) is 3.20. The average molecular weight is 443 g/mol. The summed E-state index contributed by atoms with van der Waals surface area (Å²) in [6, 6.07) is 6.78. The molecule has 0 aromatic carbocycles. The lowest BCUT2D eigenvalue weighted by Crippen LogP contribution is -2.29. The molecule has 1 aliphatic rings. The van der Waals surface area contributed by atoms with Gasteiger partial charge in [-0.15, -0.1) is 0 Å². The molecule has 0 unspecified atom stereocenters. The predicted octanol–water partition coefficient (Wildman–Crippen LogP) is 2.27. The molecule has 2 N–H and O–H groups in total. The van der Waals surface area contributed by atoms with E-state index in [1.54, 1.807) is 19.1 Å². The Hall–Kier alpha value is -3.40. The first kappa shape index (κ1) is 21.8. The zero-order valence-electron chi connectivity index (χ0n) is 17.5. The highest BCUT2D eigenvalue weighted by Gasteiger charge is 2.24. The maximum atomic E-state index is 12.2. The molecule has 0 saturated carbocycles. The van der Waals surface area contributed by atoms with E-state index in [4.69, 9.17) is 4.74 Å². The summed E-state index contributed by atoms with van der Waals surface area (Å²) in [6.07, 6.45) is 1.42. The van der Waals surface area contributed by atoms with Crippen molar-refractivity contribution in [3.8, 4) is 5.75 Å². The molecule has 3 aromatic rings. The van der Waals surface area contributed by atoms with Crippen LogP contribution in [-0.4, -0.2) is 57.9 Å². The van der Waals surface area contributed by atoms with Crippen LogP contribution >= 0.6 is 0 Å². The molecule has 168 valence electrons. The van der Waals surface area contributed by atoms with Gasteiger partial charge in [-0.1, -0.05) is 0 Å². The van der Waals surface area contributed by atoms with Crippen LogP contribution < -0.4 is 15.6 Å². The second kappa shape index (κ2) is 9.39. The van der Waals surface area contributed by atoms with Gasteiger partial charge in [0.1, 0.15) is 17.5 Å². The Labute approximate surface area is 182 Å². The van der Waals surface area contributed by atoms with Gasteiger partial charge in [-0.25, -0.2) is 13.8 Å². The van der Waals surface area contributed by atoms with Gasteiger partial charge in [0.25, 0.3) is 17.9 Å². The summed E-state index contributed by atoms with van der Waals surface area (Å²) >= 11 is 0. The topological polar surface area (TPSA) is 100 Å². The van der Waals surface area contributed by atoms with Crippen LogP contribution in [0.5, 0.6) is 5.75 Å². The SMILES string of the molecule is Cc1cc2ncc(CN3CC[C@H](Oc4ccc(C(=O)NCC(F)F)nc4)C3)cc2[nH]c1=O. The molecule has 1 amide bonds. The second-order valence-corrected chi connectivity index (χ2v) is 7.80. The molecule has 0 aliphatic carbocycles. The molecular formula is C22H23F2N5O3. The van der Waals surface area contributed by atoms with Gasteiger partial charge in [0.15, 0.2) is 0 Å². The number of pyridine rings is 3. The fourth-order valence-corrected chi connectivity index (χ4v) is 3.64. The van der Waals surface area contributed by atoms with Crippen LogP contribution in [0.2, 0.25) is 0 Å². The van der Waals surface area contributed by atoms with Crippen molar-refractivity contribution in [2.24, 2.45) is 0 Å². The summed E-state index contributed by atoms with van der Waals surface area (Å²) in [5.74, 6) is -0.132. The minimum atomic E-state index is -2.61. The number of hydrogen-bond acceptors (Lipinski definition) is 6. The third-order valence-electron chi connectivity index (χ3n) is 5.26. The third kappa shape index (κ3) is 5.25. The van der Waals surface area contributed by atoms with Gasteiger partial charge in [-0.2, -0.15) is 0 Å². The van der Waals surface area contributed by atoms with E-state index in [0.717, 1.165) is 24.0 Å². The van der Waals surface area contributed by atoms with Crippen LogP contribution in [0, 0.1) is 6.92 Å². The molecule has 1 aliphatic heterocycles. The maximum absolute atomic E-state index is 12.2. The number of likely N-dealkylation sites (tertiary alicyclic amines) is 1. The van der Waals surface area contributed by atoms with E-state index in [1.165, 1.54) is 12.3 Å². The van der Waals surface area contributed by atoms with Gasteiger partial charge in [-0.3, -0.25) is 19.5 Å². The Bertz CT molecular complexity index is 1170. The molecule has 4 heterocycles. The first-order valence-corrected chi connectivity index (χ1v) is 10.3. The minimum absolute atomic E-state index is 0.0359. The lowest BCUT2D eigenvalue weighted by molar-refractivity contribution is 0.0887. The van der Waals surface area contributed by atoms with Crippen molar-refractivity contribution >= 4 is 16.9 Å². The summed E-state index contributed by atoms with van der Waals surface area (Å²) in [6.45, 7) is 3.27. The number of nitrogens with zero attached hydrogens (tertiary/aromatic N) is 3. The van der Waals surface area contributed by atoms with Crippen molar-refractivity contribution in [1.29, 1.82) is 0 Å². The Morgan fingerprint density at radius 1 is 1.31 bits per heavy atom. The highest BCUT2D eigenvalue weighted by Crippen LogP contribution is 2.20. The number of fused-ring (bicyclic) bond motifs is 1. The number of aromatic amines is 1. The van der Waals surface area contributed by atoms with Crippen LogP contribution in [-0.2, 0) is 6.54 Å². The van der Waals surface area contributed by atoms with E-state index in [2.05, 4.69) is 25.2 Å². The highest BCUT2D eigenvalue weighted by atomic mass is 19.3. The molecule has 10 heteroatoms. The molecular weight excluding hydrogens is 420 g/mol. The van der Waals surface area contributed by atoms with E-state index in [-0.39, 0.29) is 17.4 Å². The zero-order chi connectivity index (χ0) is 22.7. The van der Waals surface area contributed by atoms with Crippen molar-refractivity contribution in [1.82, 2.24) is 25.2 Å². The van der Waals surface area contributed by atoms with Gasteiger partial charge in [-0.05, 0) is 43.2 Å². The van der Waals surface area contributed by atoms with Crippen LogP contribution in [0.15, 0.2) is 41.5 Å². The number of amides is 1. The van der Waals surface area contributed by atoms with Crippen LogP contribution in [0.1, 0.15) is 28.0 Å². The summed E-state index contributed by atoms with van der Waals surface area (Å²) in [4.78, 5) is 37.1. The monoisotopic (exact) mass is 443 g/mol. The summed E-state index contributed by atoms with van der Waals surface area (Å²) in [5, 5.41) is 2.11. The Kier molecular flexibility index (Phi) is 6.40. The third-order valence-corrected chi connectivity index (χ3v) is 5.26. The van der Waals surface area contributed by atoms with Gasteiger partial charge in [0.05, 0.1) is 23.8 Å². The number of aromatic nitrogens is 3. The van der Waals surface area contributed by atoms with E-state index in [9.17, 15) is 18.4 Å². The molecule has 32 heavy (non-hydrogen) atoms. The number of aryl methyl sites for hydroxylation is 1. The molecule has 1 atom stereocenters. The molecule has 0 bridgehead atoms. The fraction of sp³-hybridized carbons (Fsp3) is 0.364. The smallest absolute Gasteiger partial charge is 0.270 e. The molecule has 8 nitrogen and oxygen atoms in total. The first-order valence-electron chi connectivity index (χ1n) is 10.3. The number of carbonyl (C=O) groups is 1. The Balaban J connectivity index is 1.32. The molecule has 1 fully saturated rings. The van der Waals surface area contributed by atoms with Crippen molar-refractivity contribution in [3.05, 3.63) is 63.8 Å². The van der Waals surface area contributed by atoms with E-state index in [0.29, 0.717) is 29.9 Å². The highest BCUT2D eigenvalue weighted by molar-refractivity contribution is 5.92. The molecule has 4 rings (SSSR count). The van der Waals surface area contributed by atoms with E-state index in [1.807, 2.05) is 12.3 Å². The Morgan fingerprint density at radius 2 is 2.16 bits per heavy atom. The lowest BCUT2D eigenvalue weighted by Gasteiger charge is -2.17. The van der Waals surface area contributed by atoms with Crippen molar-refractivity contribution in [2.45, 2.75) is 32.4 Å². The predicted molar refractivity (Wildman–Crippen MR) is 114 cm³/mol. The number of ether oxygens (including phenoxy) is 1. The first-order chi connectivity index (χ1) is 15.4. The van der Waals surface area contributed by atoms with Gasteiger partial charge in [0, 0.05) is 31.4 Å². The summed E-state index contributed by atoms with van der Waals surface area (Å²) < 4.78 is 30.3. The second-order valence-electron chi connectivity index (χ2n) is 7.80. The number of hydrogen-bond donors (Lipinski definition) is 2. The Morgan fingerprint density at radius 3 is 2.91 bits per heavy atom. The quantitative estimate of drug-likeness (QED) is 0.581. The van der Waals surface area contributed by atoms with Crippen LogP contribution in [0.3, 0.4) is 0 Å². The van der Waals surface area contributed by atoms with E-state index >= 15 is 0 Å². The van der Waals surface area contributed by atoms with E-state index < -0.39 is 18.9 Å². The van der Waals surface area contributed by atoms with Crippen LogP contribution in [0.25, 0.3) is 11.0 Å². The maximum Gasteiger partial charge on any atom is 0.270 e. The molecule has 0 spiro atoms. The minimum Gasteiger partial charge on any atom is -0.487 e. The summed E-state index contributed by atoms with van der Waals surface area (Å²) in [7, 11) is 0. The number of alkyl halides is 2. The molecule has 1 saturated heterocycles. The van der Waals surface area contributed by atoms with Gasteiger partial charge in [0.2, 0.25) is 0 Å². The molecule has 3 aromatic heterocycles. The fourth-order valence-electron chi connectivity index (χ4n) is 3.64. The number of H-pyrrole nitrogens is 1. The number of halogens is 2. The molecule has 0 radical (unpaired) electrons.